The lowest BCUT2D eigenvalue weighted by Gasteiger charge is -2.19. The van der Waals surface area contributed by atoms with Crippen LogP contribution in [0.5, 0.6) is 0 Å². The van der Waals surface area contributed by atoms with Gasteiger partial charge in [-0.05, 0) is 70.0 Å². The van der Waals surface area contributed by atoms with Crippen LogP contribution < -0.4 is 0 Å². The monoisotopic (exact) mass is 360 g/mol. The lowest BCUT2D eigenvalue weighted by molar-refractivity contribution is 0.834. The molecule has 1 aliphatic rings. The Hall–Kier alpha value is -1.82. The summed E-state index contributed by atoms with van der Waals surface area (Å²) in [5.74, 6) is 1.11. The van der Waals surface area contributed by atoms with Crippen molar-refractivity contribution in [2.24, 2.45) is 0 Å². The maximum atomic E-state index is 2.50. The van der Waals surface area contributed by atoms with Crippen LogP contribution in [0.4, 0.5) is 0 Å². The first-order valence-corrected chi connectivity index (χ1v) is 10.9. The van der Waals surface area contributed by atoms with E-state index < -0.39 is 0 Å². The third kappa shape index (κ3) is 4.21. The van der Waals surface area contributed by atoms with Crippen molar-refractivity contribution in [3.8, 4) is 11.1 Å². The second kappa shape index (κ2) is 8.46. The Balaban J connectivity index is 2.23. The molecule has 0 unspecified atom stereocenters. The fourth-order valence-electron chi connectivity index (χ4n) is 4.31. The quantitative estimate of drug-likeness (QED) is 0.466. The van der Waals surface area contributed by atoms with Gasteiger partial charge < -0.3 is 0 Å². The van der Waals surface area contributed by atoms with Gasteiger partial charge in [-0.25, -0.2) is 0 Å². The van der Waals surface area contributed by atoms with E-state index in [4.69, 9.17) is 0 Å². The van der Waals surface area contributed by atoms with Gasteiger partial charge in [0.25, 0.3) is 0 Å². The summed E-state index contributed by atoms with van der Waals surface area (Å²) in [6, 6.07) is 12.1. The third-order valence-electron chi connectivity index (χ3n) is 5.88. The minimum absolute atomic E-state index is 0.556. The van der Waals surface area contributed by atoms with Crippen LogP contribution in [0.1, 0.15) is 100 Å². The van der Waals surface area contributed by atoms with Gasteiger partial charge in [-0.3, -0.25) is 0 Å². The molecule has 0 heteroatoms. The van der Waals surface area contributed by atoms with Crippen molar-refractivity contribution >= 4 is 6.08 Å². The van der Waals surface area contributed by atoms with Crippen LogP contribution in [-0.2, 0) is 12.8 Å². The second-order valence-electron chi connectivity index (χ2n) is 8.85. The van der Waals surface area contributed by atoms with Crippen LogP contribution in [-0.4, -0.2) is 0 Å². The lowest BCUT2D eigenvalue weighted by Crippen LogP contribution is -1.99. The summed E-state index contributed by atoms with van der Waals surface area (Å²) in [6.45, 7) is 13.8. The minimum Gasteiger partial charge on any atom is -0.0652 e. The Labute approximate surface area is 166 Å². The van der Waals surface area contributed by atoms with E-state index in [0.717, 1.165) is 12.8 Å². The Morgan fingerprint density at radius 1 is 0.815 bits per heavy atom. The largest absolute Gasteiger partial charge is 0.0652 e. The van der Waals surface area contributed by atoms with E-state index in [2.05, 4.69) is 78.0 Å². The molecule has 0 aliphatic heterocycles. The first kappa shape index (κ1) is 19.9. The smallest absolute Gasteiger partial charge is 0.00576 e. The normalized spacial score (nSPS) is 13.4. The molecule has 0 saturated carbocycles. The highest BCUT2D eigenvalue weighted by Gasteiger charge is 2.20. The summed E-state index contributed by atoms with van der Waals surface area (Å²) in [5.41, 5.74) is 12.0. The molecule has 0 nitrogen and oxygen atoms in total. The molecular weight excluding hydrogens is 324 g/mol. The van der Waals surface area contributed by atoms with Crippen molar-refractivity contribution < 1.29 is 0 Å². The van der Waals surface area contributed by atoms with Crippen molar-refractivity contribution in [1.82, 2.24) is 0 Å². The van der Waals surface area contributed by atoms with Crippen molar-refractivity contribution in [1.29, 1.82) is 0 Å². The molecule has 3 rings (SSSR count). The number of hydrogen-bond acceptors (Lipinski definition) is 0. The number of rotatable bonds is 7. The Morgan fingerprint density at radius 2 is 1.44 bits per heavy atom. The Kier molecular flexibility index (Phi) is 6.25. The molecule has 0 saturated heterocycles. The summed E-state index contributed by atoms with van der Waals surface area (Å²) < 4.78 is 0. The molecule has 2 aromatic carbocycles. The summed E-state index contributed by atoms with van der Waals surface area (Å²) in [7, 11) is 0. The van der Waals surface area contributed by atoms with Crippen molar-refractivity contribution in [2.45, 2.75) is 85.5 Å². The zero-order chi connectivity index (χ0) is 19.6. The molecule has 0 spiro atoms. The van der Waals surface area contributed by atoms with Gasteiger partial charge in [-0.2, -0.15) is 0 Å². The van der Waals surface area contributed by atoms with Gasteiger partial charge in [0, 0.05) is 0 Å². The van der Waals surface area contributed by atoms with E-state index >= 15 is 0 Å². The topological polar surface area (TPSA) is 0 Å². The van der Waals surface area contributed by atoms with Gasteiger partial charge in [0.05, 0.1) is 0 Å². The first-order valence-electron chi connectivity index (χ1n) is 10.9. The van der Waals surface area contributed by atoms with Gasteiger partial charge >= 0.3 is 0 Å². The maximum Gasteiger partial charge on any atom is -0.00576 e. The van der Waals surface area contributed by atoms with E-state index in [0.29, 0.717) is 11.8 Å². The molecule has 0 aromatic heterocycles. The SMILES string of the molecule is CCCC1=Cc2c(ccc(CCC)c2-c2cc(C(C)C)cc(C(C)C)c2)C1. The molecule has 0 heterocycles. The zero-order valence-corrected chi connectivity index (χ0v) is 18.2. The maximum absolute atomic E-state index is 2.50. The molecule has 27 heavy (non-hydrogen) atoms. The number of allylic oxidation sites excluding steroid dienone is 1. The minimum atomic E-state index is 0.556. The second-order valence-corrected chi connectivity index (χ2v) is 8.85. The molecule has 0 fully saturated rings. The fourth-order valence-corrected chi connectivity index (χ4v) is 4.31. The van der Waals surface area contributed by atoms with E-state index in [1.165, 1.54) is 58.2 Å². The standard InChI is InChI=1S/C27H36/c1-7-9-20-13-22-12-11-21(10-8-2)27(26(22)14-20)25-16-23(18(3)4)15-24(17-25)19(5)6/h11-12,14-19H,7-10,13H2,1-6H3. The number of benzene rings is 2. The van der Waals surface area contributed by atoms with Crippen molar-refractivity contribution in [3.05, 3.63) is 63.7 Å². The fraction of sp³-hybridized carbons (Fsp3) is 0.481. The molecule has 2 aromatic rings. The highest BCUT2D eigenvalue weighted by Crippen LogP contribution is 2.40. The van der Waals surface area contributed by atoms with Crippen molar-refractivity contribution in [3.63, 3.8) is 0 Å². The highest BCUT2D eigenvalue weighted by molar-refractivity contribution is 5.83. The highest BCUT2D eigenvalue weighted by atomic mass is 14.2. The van der Waals surface area contributed by atoms with Crippen LogP contribution in [0, 0.1) is 0 Å². The lowest BCUT2D eigenvalue weighted by atomic mass is 9.86. The van der Waals surface area contributed by atoms with Crippen LogP contribution in [0.2, 0.25) is 0 Å². The molecule has 0 atom stereocenters. The van der Waals surface area contributed by atoms with Crippen LogP contribution in [0.3, 0.4) is 0 Å². The van der Waals surface area contributed by atoms with E-state index in [-0.39, 0.29) is 0 Å². The van der Waals surface area contributed by atoms with E-state index in [1.807, 2.05) is 0 Å². The van der Waals surface area contributed by atoms with Gasteiger partial charge in [0.15, 0.2) is 0 Å². The Morgan fingerprint density at radius 3 is 2.00 bits per heavy atom. The third-order valence-corrected chi connectivity index (χ3v) is 5.88. The zero-order valence-electron chi connectivity index (χ0n) is 18.2. The molecule has 0 bridgehead atoms. The van der Waals surface area contributed by atoms with Gasteiger partial charge in [0.2, 0.25) is 0 Å². The van der Waals surface area contributed by atoms with Crippen molar-refractivity contribution in [2.75, 3.05) is 0 Å². The Bertz CT molecular complexity index is 807. The molecule has 144 valence electrons. The van der Waals surface area contributed by atoms with E-state index in [1.54, 1.807) is 5.57 Å². The van der Waals surface area contributed by atoms with Gasteiger partial charge in [-0.1, -0.05) is 96.4 Å². The predicted octanol–water partition coefficient (Wildman–Crippen LogP) is 8.29. The molecule has 1 aliphatic carbocycles. The summed E-state index contributed by atoms with van der Waals surface area (Å²) in [5, 5.41) is 0. The number of aryl methyl sites for hydroxylation is 1. The number of fused-ring (bicyclic) bond motifs is 1. The molecular formula is C27H36. The average molecular weight is 361 g/mol. The molecule has 0 radical (unpaired) electrons. The van der Waals surface area contributed by atoms with Crippen LogP contribution >= 0.6 is 0 Å². The summed E-state index contributed by atoms with van der Waals surface area (Å²) in [6.07, 6.45) is 8.45. The van der Waals surface area contributed by atoms with E-state index in [9.17, 15) is 0 Å². The van der Waals surface area contributed by atoms with Crippen LogP contribution in [0.25, 0.3) is 17.2 Å². The summed E-state index contributed by atoms with van der Waals surface area (Å²) >= 11 is 0. The summed E-state index contributed by atoms with van der Waals surface area (Å²) in [4.78, 5) is 0. The number of hydrogen-bond donors (Lipinski definition) is 0. The predicted molar refractivity (Wildman–Crippen MR) is 121 cm³/mol. The van der Waals surface area contributed by atoms with Gasteiger partial charge in [0.1, 0.15) is 0 Å². The van der Waals surface area contributed by atoms with Crippen LogP contribution in [0.15, 0.2) is 35.9 Å². The van der Waals surface area contributed by atoms with Gasteiger partial charge in [-0.15, -0.1) is 0 Å². The first-order chi connectivity index (χ1) is 12.9. The molecule has 0 N–H and O–H groups in total. The molecule has 0 amide bonds. The average Bonchev–Trinajstić information content (AvgIpc) is 3.04.